The quantitative estimate of drug-likeness (QED) is 0.230. The van der Waals surface area contributed by atoms with Crippen LogP contribution < -0.4 is 20.9 Å². The molecule has 3 aliphatic heterocycles. The maximum Gasteiger partial charge on any atom is 0.251 e. The number of pyridine rings is 1. The summed E-state index contributed by atoms with van der Waals surface area (Å²) in [6.07, 6.45) is 11.9. The molecule has 0 atom stereocenters. The second kappa shape index (κ2) is 11.9. The molecule has 10 nitrogen and oxygen atoms in total. The number of nitrogens with one attached hydrogen (secondary N) is 3. The fourth-order valence-corrected chi connectivity index (χ4v) is 8.94. The highest BCUT2D eigenvalue weighted by molar-refractivity contribution is 6.09. The first kappa shape index (κ1) is 30.8. The topological polar surface area (TPSA) is 107 Å². The van der Waals surface area contributed by atoms with Crippen LogP contribution in [-0.4, -0.2) is 76.6 Å². The maximum atomic E-state index is 14.5. The van der Waals surface area contributed by atoms with Crippen molar-refractivity contribution in [3.8, 4) is 11.3 Å². The number of piperidine rings is 2. The van der Waals surface area contributed by atoms with E-state index in [0.29, 0.717) is 23.6 Å². The lowest BCUT2D eigenvalue weighted by Crippen LogP contribution is -2.58. The highest BCUT2D eigenvalue weighted by atomic mass is 16.2. The predicted molar refractivity (Wildman–Crippen MR) is 193 cm³/mol. The molecule has 0 unspecified atom stereocenters. The molecule has 9 rings (SSSR count). The predicted octanol–water partition coefficient (Wildman–Crippen LogP) is 5.83. The molecule has 4 fully saturated rings. The van der Waals surface area contributed by atoms with Crippen molar-refractivity contribution in [1.82, 2.24) is 30.1 Å². The van der Waals surface area contributed by atoms with Crippen LogP contribution in [0.3, 0.4) is 0 Å². The first-order valence-electron chi connectivity index (χ1n) is 18.3. The largest absolute Gasteiger partial charge is 0.355 e. The minimum Gasteiger partial charge on any atom is -0.355 e. The van der Waals surface area contributed by atoms with Crippen molar-refractivity contribution in [2.24, 2.45) is 0 Å². The summed E-state index contributed by atoms with van der Waals surface area (Å²) < 4.78 is 2.24. The normalized spacial score (nSPS) is 23.5. The lowest BCUT2D eigenvalue weighted by Gasteiger charge is -2.48. The molecule has 2 saturated carbocycles. The standard InChI is InChI=1S/C39H46N8O2/c1-24-6-8-26(19-30(24)37(48)40-2)43-36-35-33(42-23-46(35)27-9-10-27)22-32(44-36)25-7-11-31-34(18-25)47(38(49)39(31)12-14-41-15-13-39)29-20-28(21-29)45-16-4-3-5-17-45/h6-8,11,18-19,22-23,27-29,41H,3-5,9-10,12-17,20-21H2,1-2H3,(H,40,48)(H,43,44). The van der Waals surface area contributed by atoms with Gasteiger partial charge in [0.2, 0.25) is 5.91 Å². The number of hydrogen-bond donors (Lipinski definition) is 3. The molecule has 2 saturated heterocycles. The van der Waals surface area contributed by atoms with Crippen LogP contribution in [0.15, 0.2) is 48.8 Å². The third-order valence-electron chi connectivity index (χ3n) is 12.0. The van der Waals surface area contributed by atoms with Crippen molar-refractivity contribution < 1.29 is 9.59 Å². The van der Waals surface area contributed by atoms with Gasteiger partial charge in [0, 0.05) is 47.7 Å². The molecule has 2 aromatic carbocycles. The molecule has 10 heteroatoms. The second-order valence-corrected chi connectivity index (χ2v) is 15.0. The fraction of sp³-hybridized carbons (Fsp3) is 0.487. The zero-order valence-corrected chi connectivity index (χ0v) is 28.6. The van der Waals surface area contributed by atoms with Crippen LogP contribution in [0.1, 0.15) is 85.3 Å². The molecular weight excluding hydrogens is 612 g/mol. The van der Waals surface area contributed by atoms with Gasteiger partial charge in [-0.25, -0.2) is 9.97 Å². The highest BCUT2D eigenvalue weighted by Crippen LogP contribution is 2.51. The van der Waals surface area contributed by atoms with Gasteiger partial charge in [0.05, 0.1) is 23.0 Å². The third kappa shape index (κ3) is 5.14. The van der Waals surface area contributed by atoms with E-state index in [4.69, 9.17) is 9.97 Å². The van der Waals surface area contributed by atoms with Gasteiger partial charge in [-0.05, 0) is 120 Å². The Kier molecular flexibility index (Phi) is 7.50. The Labute approximate surface area is 287 Å². The smallest absolute Gasteiger partial charge is 0.251 e. The number of anilines is 3. The van der Waals surface area contributed by atoms with E-state index in [-0.39, 0.29) is 11.9 Å². The van der Waals surface area contributed by atoms with Gasteiger partial charge in [0.15, 0.2) is 5.82 Å². The van der Waals surface area contributed by atoms with Crippen molar-refractivity contribution in [2.75, 3.05) is 43.4 Å². The number of aryl methyl sites for hydroxylation is 1. The van der Waals surface area contributed by atoms with E-state index in [2.05, 4.69) is 54.6 Å². The third-order valence-corrected chi connectivity index (χ3v) is 12.0. The van der Waals surface area contributed by atoms with E-state index in [9.17, 15) is 9.59 Å². The first-order valence-corrected chi connectivity index (χ1v) is 18.3. The van der Waals surface area contributed by atoms with E-state index >= 15 is 0 Å². The summed E-state index contributed by atoms with van der Waals surface area (Å²) in [5, 5.41) is 9.82. The zero-order valence-electron chi connectivity index (χ0n) is 28.6. The van der Waals surface area contributed by atoms with Gasteiger partial charge in [-0.1, -0.05) is 24.6 Å². The van der Waals surface area contributed by atoms with Crippen molar-refractivity contribution in [3.63, 3.8) is 0 Å². The van der Waals surface area contributed by atoms with Crippen LogP contribution in [-0.2, 0) is 10.2 Å². The Morgan fingerprint density at radius 2 is 1.76 bits per heavy atom. The summed E-state index contributed by atoms with van der Waals surface area (Å²) in [4.78, 5) is 42.1. The number of amides is 2. The van der Waals surface area contributed by atoms with Gasteiger partial charge in [0.1, 0.15) is 5.52 Å². The molecule has 2 aromatic heterocycles. The second-order valence-electron chi connectivity index (χ2n) is 15.0. The average Bonchev–Trinajstić information content (AvgIpc) is 3.83. The van der Waals surface area contributed by atoms with Gasteiger partial charge in [-0.15, -0.1) is 0 Å². The fourth-order valence-electron chi connectivity index (χ4n) is 8.94. The van der Waals surface area contributed by atoms with E-state index in [0.717, 1.165) is 96.7 Å². The summed E-state index contributed by atoms with van der Waals surface area (Å²) >= 11 is 0. The molecule has 2 aliphatic carbocycles. The molecule has 49 heavy (non-hydrogen) atoms. The monoisotopic (exact) mass is 658 g/mol. The average molecular weight is 659 g/mol. The highest BCUT2D eigenvalue weighted by Gasteiger charge is 2.54. The summed E-state index contributed by atoms with van der Waals surface area (Å²) in [7, 11) is 1.65. The Hall–Kier alpha value is -4.28. The SMILES string of the molecule is CNC(=O)c1cc(Nc2nc(-c3ccc4c(c3)N(C3CC(N5CCCCC5)C3)C(=O)C43CCNCC3)cc3ncn(C4CC4)c23)ccc1C. The van der Waals surface area contributed by atoms with Crippen molar-refractivity contribution in [1.29, 1.82) is 0 Å². The van der Waals surface area contributed by atoms with Crippen LogP contribution in [0.5, 0.6) is 0 Å². The summed E-state index contributed by atoms with van der Waals surface area (Å²) in [6, 6.07) is 15.8. The van der Waals surface area contributed by atoms with Crippen molar-refractivity contribution >= 4 is 40.0 Å². The number of nitrogens with zero attached hydrogens (tertiary/aromatic N) is 5. The molecule has 3 N–H and O–H groups in total. The summed E-state index contributed by atoms with van der Waals surface area (Å²) in [6.45, 7) is 6.05. The number of imidazole rings is 1. The van der Waals surface area contributed by atoms with Gasteiger partial charge < -0.3 is 30.3 Å². The van der Waals surface area contributed by atoms with Gasteiger partial charge in [-0.3, -0.25) is 9.59 Å². The van der Waals surface area contributed by atoms with Gasteiger partial charge in [0.25, 0.3) is 5.91 Å². The van der Waals surface area contributed by atoms with E-state index in [1.165, 1.54) is 37.9 Å². The lowest BCUT2D eigenvalue weighted by molar-refractivity contribution is -0.125. The first-order chi connectivity index (χ1) is 23.9. The van der Waals surface area contributed by atoms with E-state index in [1.54, 1.807) is 7.05 Å². The van der Waals surface area contributed by atoms with Crippen LogP contribution in [0.2, 0.25) is 0 Å². The minimum absolute atomic E-state index is 0.117. The number of rotatable bonds is 7. The number of carbonyl (C=O) groups excluding carboxylic acids is 2. The van der Waals surface area contributed by atoms with Crippen LogP contribution in [0.25, 0.3) is 22.3 Å². The molecule has 5 heterocycles. The Bertz CT molecular complexity index is 1950. The lowest BCUT2D eigenvalue weighted by atomic mass is 9.74. The number of carbonyl (C=O) groups is 2. The molecule has 5 aliphatic rings. The maximum absolute atomic E-state index is 14.5. The van der Waals surface area contributed by atoms with Gasteiger partial charge >= 0.3 is 0 Å². The molecule has 254 valence electrons. The molecule has 1 spiro atoms. The Balaban J connectivity index is 1.10. The van der Waals surface area contributed by atoms with Gasteiger partial charge in [-0.2, -0.15) is 0 Å². The number of hydrogen-bond acceptors (Lipinski definition) is 7. The molecule has 4 aromatic rings. The zero-order chi connectivity index (χ0) is 33.3. The molecule has 0 bridgehead atoms. The molecular formula is C39H46N8O2. The molecule has 2 amide bonds. The number of benzene rings is 2. The van der Waals surface area contributed by atoms with Crippen LogP contribution >= 0.6 is 0 Å². The summed E-state index contributed by atoms with van der Waals surface area (Å²) in [5.41, 5.74) is 7.79. The van der Waals surface area contributed by atoms with Crippen molar-refractivity contribution in [2.45, 2.75) is 88.3 Å². The molecule has 0 radical (unpaired) electrons. The number of aromatic nitrogens is 3. The van der Waals surface area contributed by atoms with E-state index in [1.807, 2.05) is 31.5 Å². The van der Waals surface area contributed by atoms with Crippen molar-refractivity contribution in [3.05, 3.63) is 65.5 Å². The number of likely N-dealkylation sites (tertiary alicyclic amines) is 1. The van der Waals surface area contributed by atoms with Crippen LogP contribution in [0, 0.1) is 6.92 Å². The Morgan fingerprint density at radius 1 is 0.959 bits per heavy atom. The number of fused-ring (bicyclic) bond motifs is 3. The minimum atomic E-state index is -0.448. The Morgan fingerprint density at radius 3 is 2.51 bits per heavy atom. The van der Waals surface area contributed by atoms with E-state index < -0.39 is 5.41 Å². The summed E-state index contributed by atoms with van der Waals surface area (Å²) in [5.74, 6) is 0.896. The van der Waals surface area contributed by atoms with Crippen LogP contribution in [0.4, 0.5) is 17.2 Å².